The first kappa shape index (κ1) is 18.7. The maximum Gasteiger partial charge on any atom is 0.162 e. The van der Waals surface area contributed by atoms with E-state index in [1.54, 1.807) is 18.3 Å². The predicted octanol–water partition coefficient (Wildman–Crippen LogP) is 2.92. The number of nitrogens with two attached hydrogens (primary N) is 2. The smallest absolute Gasteiger partial charge is 0.162 e. The first-order chi connectivity index (χ1) is 13.0. The second-order valence-electron chi connectivity index (χ2n) is 6.41. The standard InChI is InChI=1S/C18H19Cl2N5OS/c19-11-1-2-12(15(20)7-11)14-10-25-16(24-3-5-27(26)6-4-24)9-23-18(25)17(22)13(14)8-21/h1-2,7,9-10H,3-6,8,21-22H2. The predicted molar refractivity (Wildman–Crippen MR) is 113 cm³/mol. The van der Waals surface area contributed by atoms with Gasteiger partial charge in [0.1, 0.15) is 17.3 Å². The van der Waals surface area contributed by atoms with Crippen molar-refractivity contribution < 1.29 is 4.55 Å². The van der Waals surface area contributed by atoms with Gasteiger partial charge in [0.25, 0.3) is 0 Å². The summed E-state index contributed by atoms with van der Waals surface area (Å²) in [6, 6.07) is 5.36. The Morgan fingerprint density at radius 1 is 1.19 bits per heavy atom. The largest absolute Gasteiger partial charge is 0.616 e. The molecule has 1 saturated heterocycles. The molecule has 2 aromatic heterocycles. The Morgan fingerprint density at radius 3 is 2.59 bits per heavy atom. The SMILES string of the molecule is NCc1c(-c2ccc(Cl)cc2Cl)cn2c(N3CC[S+]([O-])CC3)cnc2c1N. The molecular weight excluding hydrogens is 405 g/mol. The number of halogens is 2. The molecule has 3 aromatic rings. The lowest BCUT2D eigenvalue weighted by Crippen LogP contribution is -2.40. The van der Waals surface area contributed by atoms with Gasteiger partial charge in [-0.3, -0.25) is 4.40 Å². The van der Waals surface area contributed by atoms with Crippen LogP contribution in [0.5, 0.6) is 0 Å². The van der Waals surface area contributed by atoms with Crippen molar-refractivity contribution in [1.82, 2.24) is 9.38 Å². The third kappa shape index (κ3) is 3.34. The number of hydrogen-bond donors (Lipinski definition) is 2. The number of nitrogens with zero attached hydrogens (tertiary/aromatic N) is 3. The van der Waals surface area contributed by atoms with Crippen LogP contribution < -0.4 is 16.4 Å². The van der Waals surface area contributed by atoms with Crippen LogP contribution >= 0.6 is 23.2 Å². The summed E-state index contributed by atoms with van der Waals surface area (Å²) in [5, 5.41) is 1.10. The summed E-state index contributed by atoms with van der Waals surface area (Å²) in [4.78, 5) is 6.68. The Morgan fingerprint density at radius 2 is 1.93 bits per heavy atom. The number of hydrogen-bond acceptors (Lipinski definition) is 5. The number of aromatic nitrogens is 2. The fourth-order valence-electron chi connectivity index (χ4n) is 3.43. The highest BCUT2D eigenvalue weighted by Crippen LogP contribution is 2.37. The maximum atomic E-state index is 11.7. The molecule has 0 spiro atoms. The number of pyridine rings is 1. The topological polar surface area (TPSA) is 95.6 Å². The zero-order valence-corrected chi connectivity index (χ0v) is 16.8. The molecule has 0 unspecified atom stereocenters. The Bertz CT molecular complexity index is 1000. The lowest BCUT2D eigenvalue weighted by atomic mass is 10.0. The van der Waals surface area contributed by atoms with Gasteiger partial charge in [0.2, 0.25) is 0 Å². The molecule has 1 aliphatic heterocycles. The van der Waals surface area contributed by atoms with Gasteiger partial charge in [-0.15, -0.1) is 0 Å². The number of imidazole rings is 1. The van der Waals surface area contributed by atoms with E-state index in [4.69, 9.17) is 34.7 Å². The van der Waals surface area contributed by atoms with Crippen molar-refractivity contribution in [3.63, 3.8) is 0 Å². The molecule has 0 bridgehead atoms. The molecule has 4 rings (SSSR count). The highest BCUT2D eigenvalue weighted by atomic mass is 35.5. The van der Waals surface area contributed by atoms with Crippen molar-refractivity contribution >= 4 is 51.5 Å². The van der Waals surface area contributed by atoms with Crippen molar-refractivity contribution in [1.29, 1.82) is 0 Å². The molecule has 142 valence electrons. The fourth-order valence-corrected chi connectivity index (χ4v) is 4.99. The molecule has 3 heterocycles. The lowest BCUT2D eigenvalue weighted by molar-refractivity contribution is 0.585. The molecule has 6 nitrogen and oxygen atoms in total. The van der Waals surface area contributed by atoms with Crippen LogP contribution in [0.2, 0.25) is 10.0 Å². The first-order valence-electron chi connectivity index (χ1n) is 8.53. The molecule has 0 saturated carbocycles. The monoisotopic (exact) mass is 423 g/mol. The van der Waals surface area contributed by atoms with E-state index in [2.05, 4.69) is 9.88 Å². The second kappa shape index (κ2) is 7.41. The van der Waals surface area contributed by atoms with Crippen LogP contribution in [-0.2, 0) is 17.7 Å². The summed E-state index contributed by atoms with van der Waals surface area (Å²) in [5.41, 5.74) is 16.1. The van der Waals surface area contributed by atoms with E-state index in [0.29, 0.717) is 32.9 Å². The molecule has 4 N–H and O–H groups in total. The number of fused-ring (bicyclic) bond motifs is 1. The van der Waals surface area contributed by atoms with E-state index in [1.807, 2.05) is 16.7 Å². The quantitative estimate of drug-likeness (QED) is 0.631. The molecule has 0 radical (unpaired) electrons. The molecule has 0 atom stereocenters. The zero-order chi connectivity index (χ0) is 19.1. The third-order valence-electron chi connectivity index (χ3n) is 4.85. The summed E-state index contributed by atoms with van der Waals surface area (Å²) < 4.78 is 13.6. The van der Waals surface area contributed by atoms with Crippen LogP contribution in [-0.4, -0.2) is 38.5 Å². The van der Waals surface area contributed by atoms with Gasteiger partial charge >= 0.3 is 0 Å². The van der Waals surface area contributed by atoms with E-state index in [0.717, 1.165) is 35.6 Å². The first-order valence-corrected chi connectivity index (χ1v) is 10.8. The van der Waals surface area contributed by atoms with E-state index in [9.17, 15) is 4.55 Å². The lowest BCUT2D eigenvalue weighted by Gasteiger charge is -2.29. The Balaban J connectivity index is 1.89. The highest BCUT2D eigenvalue weighted by molar-refractivity contribution is 7.91. The van der Waals surface area contributed by atoms with Crippen LogP contribution in [0.4, 0.5) is 11.5 Å². The van der Waals surface area contributed by atoms with Crippen molar-refractivity contribution in [3.05, 3.63) is 46.2 Å². The van der Waals surface area contributed by atoms with Crippen molar-refractivity contribution in [2.24, 2.45) is 5.73 Å². The van der Waals surface area contributed by atoms with E-state index < -0.39 is 11.2 Å². The van der Waals surface area contributed by atoms with Crippen molar-refractivity contribution in [2.75, 3.05) is 35.2 Å². The van der Waals surface area contributed by atoms with Crippen LogP contribution in [0, 0.1) is 0 Å². The average molecular weight is 424 g/mol. The van der Waals surface area contributed by atoms with Crippen LogP contribution in [0.1, 0.15) is 5.56 Å². The average Bonchev–Trinajstić information content (AvgIpc) is 3.07. The molecule has 0 amide bonds. The summed E-state index contributed by atoms with van der Waals surface area (Å²) >= 11 is 11.7. The minimum absolute atomic E-state index is 0.265. The molecular formula is C18H19Cl2N5OS. The van der Waals surface area contributed by atoms with Gasteiger partial charge in [0.05, 0.1) is 25.0 Å². The van der Waals surface area contributed by atoms with Gasteiger partial charge in [-0.2, -0.15) is 0 Å². The number of rotatable bonds is 3. The van der Waals surface area contributed by atoms with Gasteiger partial charge in [-0.25, -0.2) is 4.98 Å². The molecule has 1 fully saturated rings. The summed E-state index contributed by atoms with van der Waals surface area (Å²) in [6.07, 6.45) is 3.77. The van der Waals surface area contributed by atoms with Gasteiger partial charge in [-0.05, 0) is 12.1 Å². The number of anilines is 2. The van der Waals surface area contributed by atoms with Crippen molar-refractivity contribution in [3.8, 4) is 11.1 Å². The molecule has 27 heavy (non-hydrogen) atoms. The molecule has 0 aliphatic carbocycles. The van der Waals surface area contributed by atoms with Gasteiger partial charge in [0.15, 0.2) is 5.65 Å². The molecule has 9 heteroatoms. The fraction of sp³-hybridized carbons (Fsp3) is 0.278. The normalized spacial score (nSPS) is 15.6. The highest BCUT2D eigenvalue weighted by Gasteiger charge is 2.24. The van der Waals surface area contributed by atoms with Crippen molar-refractivity contribution in [2.45, 2.75) is 6.54 Å². The van der Waals surface area contributed by atoms with Crippen LogP contribution in [0.15, 0.2) is 30.6 Å². The number of nitrogen functional groups attached to an aromatic ring is 1. The van der Waals surface area contributed by atoms with E-state index in [1.165, 1.54) is 0 Å². The van der Waals surface area contributed by atoms with Crippen LogP contribution in [0.25, 0.3) is 16.8 Å². The Kier molecular flexibility index (Phi) is 5.13. The Labute approximate surface area is 170 Å². The Hall–Kier alpha value is -1.64. The second-order valence-corrected chi connectivity index (χ2v) is 8.95. The molecule has 1 aromatic carbocycles. The third-order valence-corrected chi connectivity index (χ3v) is 6.68. The van der Waals surface area contributed by atoms with E-state index in [-0.39, 0.29) is 6.54 Å². The molecule has 1 aliphatic rings. The van der Waals surface area contributed by atoms with E-state index >= 15 is 0 Å². The number of benzene rings is 1. The summed E-state index contributed by atoms with van der Waals surface area (Å²) in [5.74, 6) is 2.22. The van der Waals surface area contributed by atoms with Crippen LogP contribution in [0.3, 0.4) is 0 Å². The summed E-state index contributed by atoms with van der Waals surface area (Å²) in [7, 11) is 0. The minimum Gasteiger partial charge on any atom is -0.616 e. The minimum atomic E-state index is -0.748. The van der Waals surface area contributed by atoms with Gasteiger partial charge in [0, 0.05) is 39.5 Å². The van der Waals surface area contributed by atoms with Gasteiger partial charge in [-0.1, -0.05) is 40.4 Å². The van der Waals surface area contributed by atoms with Gasteiger partial charge < -0.3 is 20.9 Å². The maximum absolute atomic E-state index is 11.7. The summed E-state index contributed by atoms with van der Waals surface area (Å²) in [6.45, 7) is 1.70. The zero-order valence-electron chi connectivity index (χ0n) is 14.5.